The molecule has 0 saturated carbocycles. The zero-order valence-corrected chi connectivity index (χ0v) is 5.36. The minimum Gasteiger partial charge on any atom is -0.302 e. The van der Waals surface area contributed by atoms with Gasteiger partial charge in [-0.05, 0) is 19.4 Å². The van der Waals surface area contributed by atoms with Crippen molar-refractivity contribution in [1.29, 1.82) is 0 Å². The molecular formula is C4H8NO2P. The summed E-state index contributed by atoms with van der Waals surface area (Å²) in [4.78, 5) is 0. The molecule has 1 unspecified atom stereocenters. The Morgan fingerprint density at radius 3 is 2.50 bits per heavy atom. The summed E-state index contributed by atoms with van der Waals surface area (Å²) in [5.41, 5.74) is 0. The Balaban J connectivity index is 2.47. The van der Waals surface area contributed by atoms with Gasteiger partial charge in [-0.2, -0.15) is 0 Å². The lowest BCUT2D eigenvalue weighted by atomic mass is 10.4. The number of hydrogen-bond donors (Lipinski definition) is 1. The Kier molecular flexibility index (Phi) is 1.81. The van der Waals surface area contributed by atoms with Gasteiger partial charge in [0.1, 0.15) is 5.78 Å². The standard InChI is InChI=1S/C4H8NO2P/c6-8(7)4-2-1-3-5-4/h4-5H,1-3H2. The SMILES string of the molecule is O=P(=O)C1CCCN1. The van der Waals surface area contributed by atoms with Crippen molar-refractivity contribution < 1.29 is 9.13 Å². The van der Waals surface area contributed by atoms with Crippen molar-refractivity contribution in [3.05, 3.63) is 0 Å². The molecule has 1 fully saturated rings. The fraction of sp³-hybridized carbons (Fsp3) is 1.00. The molecule has 0 aromatic carbocycles. The highest BCUT2D eigenvalue weighted by Crippen LogP contribution is 2.20. The lowest BCUT2D eigenvalue weighted by Gasteiger charge is -1.92. The van der Waals surface area contributed by atoms with E-state index in [1.165, 1.54) is 0 Å². The first-order chi connectivity index (χ1) is 3.80. The van der Waals surface area contributed by atoms with Crippen LogP contribution < -0.4 is 5.32 Å². The second kappa shape index (κ2) is 2.42. The molecule has 0 amide bonds. The molecule has 1 N–H and O–H groups in total. The molecule has 46 valence electrons. The number of nitrogens with one attached hydrogen (secondary N) is 1. The van der Waals surface area contributed by atoms with Crippen LogP contribution in [0.5, 0.6) is 0 Å². The van der Waals surface area contributed by atoms with Gasteiger partial charge in [0, 0.05) is 0 Å². The Labute approximate surface area is 48.3 Å². The minimum absolute atomic E-state index is 0.231. The summed E-state index contributed by atoms with van der Waals surface area (Å²) < 4.78 is 20.4. The van der Waals surface area contributed by atoms with Crippen LogP contribution in [0.1, 0.15) is 12.8 Å². The van der Waals surface area contributed by atoms with Gasteiger partial charge in [-0.15, -0.1) is 0 Å². The van der Waals surface area contributed by atoms with Crippen LogP contribution in [-0.2, 0) is 9.13 Å². The predicted molar refractivity (Wildman–Crippen MR) is 29.3 cm³/mol. The summed E-state index contributed by atoms with van der Waals surface area (Å²) >= 11 is 0. The van der Waals surface area contributed by atoms with Crippen molar-refractivity contribution in [2.24, 2.45) is 0 Å². The van der Waals surface area contributed by atoms with Gasteiger partial charge in [0.2, 0.25) is 0 Å². The molecular weight excluding hydrogens is 125 g/mol. The van der Waals surface area contributed by atoms with Gasteiger partial charge >= 0.3 is 7.68 Å². The molecule has 1 aliphatic heterocycles. The van der Waals surface area contributed by atoms with Crippen LogP contribution in [-0.4, -0.2) is 12.3 Å². The summed E-state index contributed by atoms with van der Waals surface area (Å²) in [7, 11) is -2.21. The van der Waals surface area contributed by atoms with Crippen molar-refractivity contribution in [3.8, 4) is 0 Å². The van der Waals surface area contributed by atoms with Crippen LogP contribution in [0.4, 0.5) is 0 Å². The first-order valence-electron chi connectivity index (χ1n) is 2.67. The quantitative estimate of drug-likeness (QED) is 0.540. The van der Waals surface area contributed by atoms with Gasteiger partial charge < -0.3 is 5.32 Å². The summed E-state index contributed by atoms with van der Waals surface area (Å²) in [6.45, 7) is 0.855. The van der Waals surface area contributed by atoms with Crippen LogP contribution in [0, 0.1) is 0 Å². The van der Waals surface area contributed by atoms with E-state index in [9.17, 15) is 9.13 Å². The molecule has 0 bridgehead atoms. The van der Waals surface area contributed by atoms with E-state index in [4.69, 9.17) is 0 Å². The van der Waals surface area contributed by atoms with Crippen molar-refractivity contribution in [1.82, 2.24) is 5.32 Å². The molecule has 1 aliphatic rings. The topological polar surface area (TPSA) is 46.2 Å². The molecule has 0 aromatic rings. The molecule has 1 atom stereocenters. The molecule has 0 aliphatic carbocycles. The van der Waals surface area contributed by atoms with Crippen LogP contribution in [0.3, 0.4) is 0 Å². The molecule has 4 heteroatoms. The second-order valence-corrected chi connectivity index (χ2v) is 3.09. The Morgan fingerprint density at radius 1 is 1.50 bits per heavy atom. The molecule has 1 saturated heterocycles. The summed E-state index contributed by atoms with van der Waals surface area (Å²) in [5.74, 6) is -0.231. The lowest BCUT2D eigenvalue weighted by Crippen LogP contribution is -2.14. The molecule has 1 heterocycles. The van der Waals surface area contributed by atoms with Gasteiger partial charge in [-0.3, -0.25) is 0 Å². The van der Waals surface area contributed by atoms with E-state index in [1.807, 2.05) is 0 Å². The van der Waals surface area contributed by atoms with Crippen LogP contribution in [0.25, 0.3) is 0 Å². The first kappa shape index (κ1) is 5.99. The highest BCUT2D eigenvalue weighted by molar-refractivity contribution is 7.31. The predicted octanol–water partition coefficient (Wildman–Crippen LogP) is 0.869. The Morgan fingerprint density at radius 2 is 2.25 bits per heavy atom. The maximum absolute atomic E-state index is 10.2. The van der Waals surface area contributed by atoms with Crippen molar-refractivity contribution in [2.75, 3.05) is 6.54 Å². The normalized spacial score (nSPS) is 28.2. The molecule has 0 radical (unpaired) electrons. The molecule has 0 aromatic heterocycles. The number of rotatable bonds is 1. The van der Waals surface area contributed by atoms with Gasteiger partial charge in [0.25, 0.3) is 0 Å². The summed E-state index contributed by atoms with van der Waals surface area (Å²) in [6, 6.07) is 0. The van der Waals surface area contributed by atoms with E-state index < -0.39 is 7.68 Å². The van der Waals surface area contributed by atoms with Gasteiger partial charge in [-0.25, -0.2) is 9.13 Å². The van der Waals surface area contributed by atoms with Crippen molar-refractivity contribution in [3.63, 3.8) is 0 Å². The zero-order valence-electron chi connectivity index (χ0n) is 4.46. The van der Waals surface area contributed by atoms with Crippen LogP contribution in [0.15, 0.2) is 0 Å². The lowest BCUT2D eigenvalue weighted by molar-refractivity contribution is 0.499. The largest absolute Gasteiger partial charge is 0.333 e. The maximum Gasteiger partial charge on any atom is 0.333 e. The third-order valence-corrected chi connectivity index (χ3v) is 2.24. The van der Waals surface area contributed by atoms with E-state index in [2.05, 4.69) is 5.32 Å². The Bertz CT molecular complexity index is 129. The highest BCUT2D eigenvalue weighted by atomic mass is 31.1. The molecule has 3 nitrogen and oxygen atoms in total. The minimum atomic E-state index is -2.21. The monoisotopic (exact) mass is 133 g/mol. The van der Waals surface area contributed by atoms with Gasteiger partial charge in [0.05, 0.1) is 0 Å². The Hall–Kier alpha value is -0.140. The van der Waals surface area contributed by atoms with E-state index in [-0.39, 0.29) is 5.78 Å². The van der Waals surface area contributed by atoms with Gasteiger partial charge in [-0.1, -0.05) is 0 Å². The van der Waals surface area contributed by atoms with Crippen molar-refractivity contribution >= 4 is 7.68 Å². The number of hydrogen-bond acceptors (Lipinski definition) is 3. The third kappa shape index (κ3) is 1.17. The third-order valence-electron chi connectivity index (χ3n) is 1.29. The maximum atomic E-state index is 10.2. The average Bonchev–Trinajstić information content (AvgIpc) is 2.12. The summed E-state index contributed by atoms with van der Waals surface area (Å²) in [5, 5.41) is 2.86. The van der Waals surface area contributed by atoms with E-state index in [1.54, 1.807) is 0 Å². The van der Waals surface area contributed by atoms with E-state index in [0.29, 0.717) is 0 Å². The molecule has 0 spiro atoms. The summed E-state index contributed by atoms with van der Waals surface area (Å²) in [6.07, 6.45) is 1.78. The smallest absolute Gasteiger partial charge is 0.302 e. The van der Waals surface area contributed by atoms with Crippen LogP contribution in [0.2, 0.25) is 0 Å². The van der Waals surface area contributed by atoms with Crippen molar-refractivity contribution in [2.45, 2.75) is 18.6 Å². The molecule has 8 heavy (non-hydrogen) atoms. The van der Waals surface area contributed by atoms with Crippen LogP contribution >= 0.6 is 7.68 Å². The fourth-order valence-electron chi connectivity index (χ4n) is 0.846. The van der Waals surface area contributed by atoms with Gasteiger partial charge in [0.15, 0.2) is 0 Å². The fourth-order valence-corrected chi connectivity index (χ4v) is 1.52. The first-order valence-corrected chi connectivity index (χ1v) is 3.92. The second-order valence-electron chi connectivity index (χ2n) is 1.90. The molecule has 1 rings (SSSR count). The van der Waals surface area contributed by atoms with E-state index in [0.717, 1.165) is 19.4 Å². The average molecular weight is 133 g/mol. The zero-order chi connectivity index (χ0) is 5.98. The highest BCUT2D eigenvalue weighted by Gasteiger charge is 2.17. The van der Waals surface area contributed by atoms with E-state index >= 15 is 0 Å².